The molecular formula is C25H22FNO3S. The minimum Gasteiger partial charge on any atom is -0.314 e. The van der Waals surface area contributed by atoms with Gasteiger partial charge in [0.15, 0.2) is 0 Å². The lowest BCUT2D eigenvalue weighted by Gasteiger charge is -2.29. The highest BCUT2D eigenvalue weighted by Crippen LogP contribution is 2.41. The molecule has 6 heteroatoms. The number of aryl methyl sites for hydroxylation is 3. The van der Waals surface area contributed by atoms with E-state index in [2.05, 4.69) is 0 Å². The van der Waals surface area contributed by atoms with Gasteiger partial charge in [-0.05, 0) is 67.3 Å². The molecule has 0 aromatic heterocycles. The number of carbonyl (C=O) groups excluding carboxylic acids is 1. The lowest BCUT2D eigenvalue weighted by molar-refractivity contribution is 0.104. The van der Waals surface area contributed by atoms with Crippen molar-refractivity contribution >= 4 is 27.0 Å². The zero-order valence-corrected chi connectivity index (χ0v) is 18.3. The maximum atomic E-state index is 14.0. The summed E-state index contributed by atoms with van der Waals surface area (Å²) in [6, 6.07) is 16.3. The van der Waals surface area contributed by atoms with Crippen molar-refractivity contribution in [1.82, 2.24) is 0 Å². The quantitative estimate of drug-likeness (QED) is 0.497. The van der Waals surface area contributed by atoms with Crippen molar-refractivity contribution in [3.8, 4) is 0 Å². The Morgan fingerprint density at radius 1 is 0.935 bits per heavy atom. The molecule has 0 fully saturated rings. The number of rotatable bonds is 4. The van der Waals surface area contributed by atoms with Crippen LogP contribution in [0.25, 0.3) is 0 Å². The molecule has 0 N–H and O–H groups in total. The molecule has 0 saturated heterocycles. The van der Waals surface area contributed by atoms with Crippen molar-refractivity contribution in [3.63, 3.8) is 0 Å². The van der Waals surface area contributed by atoms with Gasteiger partial charge < -0.3 is 4.90 Å². The van der Waals surface area contributed by atoms with Gasteiger partial charge in [0.1, 0.15) is 10.7 Å². The Kier molecular flexibility index (Phi) is 5.27. The first-order valence-electron chi connectivity index (χ1n) is 9.98. The molecule has 0 saturated carbocycles. The largest absolute Gasteiger partial charge is 0.314 e. The molecule has 0 radical (unpaired) electrons. The number of anilines is 2. The van der Waals surface area contributed by atoms with Crippen molar-refractivity contribution in [2.24, 2.45) is 0 Å². The highest BCUT2D eigenvalue weighted by atomic mass is 32.2. The van der Waals surface area contributed by atoms with Crippen LogP contribution < -0.4 is 4.90 Å². The third-order valence-electron chi connectivity index (χ3n) is 5.34. The van der Waals surface area contributed by atoms with Gasteiger partial charge in [-0.15, -0.1) is 0 Å². The molecule has 158 valence electrons. The molecule has 1 aliphatic rings. The first kappa shape index (κ1) is 21.0. The van der Waals surface area contributed by atoms with Crippen LogP contribution in [0, 0.1) is 19.7 Å². The monoisotopic (exact) mass is 435 g/mol. The smallest absolute Gasteiger partial charge is 0.214 e. The molecule has 4 rings (SSSR count). The number of hydrogen-bond acceptors (Lipinski definition) is 4. The third-order valence-corrected chi connectivity index (χ3v) is 7.12. The van der Waals surface area contributed by atoms with E-state index < -0.39 is 21.4 Å². The first-order valence-corrected chi connectivity index (χ1v) is 11.5. The summed E-state index contributed by atoms with van der Waals surface area (Å²) in [6.07, 6.45) is 2.16. The van der Waals surface area contributed by atoms with Gasteiger partial charge in [0.25, 0.3) is 0 Å². The topological polar surface area (TPSA) is 54.5 Å². The van der Waals surface area contributed by atoms with Crippen LogP contribution >= 0.6 is 0 Å². The molecular weight excluding hydrogens is 413 g/mol. The highest BCUT2D eigenvalue weighted by molar-refractivity contribution is 7.96. The Bertz CT molecular complexity index is 1310. The molecule has 0 spiro atoms. The maximum absolute atomic E-state index is 14.0. The second-order valence-electron chi connectivity index (χ2n) is 7.70. The molecule has 31 heavy (non-hydrogen) atoms. The van der Waals surface area contributed by atoms with Crippen LogP contribution in [0.4, 0.5) is 15.8 Å². The maximum Gasteiger partial charge on any atom is 0.214 e. The van der Waals surface area contributed by atoms with Gasteiger partial charge >= 0.3 is 0 Å². The van der Waals surface area contributed by atoms with Crippen molar-refractivity contribution < 1.29 is 17.6 Å². The van der Waals surface area contributed by atoms with Crippen LogP contribution in [0.3, 0.4) is 0 Å². The molecule has 3 aromatic carbocycles. The Morgan fingerprint density at radius 2 is 1.58 bits per heavy atom. The molecule has 0 aliphatic carbocycles. The lowest BCUT2D eigenvalue weighted by atomic mass is 10.1. The summed E-state index contributed by atoms with van der Waals surface area (Å²) in [5, 5.41) is 0. The van der Waals surface area contributed by atoms with E-state index in [0.717, 1.165) is 29.2 Å². The Morgan fingerprint density at radius 3 is 2.19 bits per heavy atom. The standard InChI is InChI=1S/C25H22FNO3S/c1-4-18-5-7-19(8-6-18)25(28)24-15-27(21-12-16(2)11-17(3)13-21)22-10-9-20(26)14-23(22)31(24,29)30/h5-15H,4H2,1-3H3. The highest BCUT2D eigenvalue weighted by Gasteiger charge is 2.36. The Balaban J connectivity index is 1.92. The fourth-order valence-electron chi connectivity index (χ4n) is 3.79. The molecule has 1 aliphatic heterocycles. The summed E-state index contributed by atoms with van der Waals surface area (Å²) in [4.78, 5) is 14.3. The average molecular weight is 436 g/mol. The molecule has 4 nitrogen and oxygen atoms in total. The van der Waals surface area contributed by atoms with Crippen LogP contribution in [0.1, 0.15) is 34.0 Å². The fraction of sp³-hybridized carbons (Fsp3) is 0.160. The fourth-order valence-corrected chi connectivity index (χ4v) is 5.35. The van der Waals surface area contributed by atoms with Gasteiger partial charge in [0.05, 0.1) is 10.6 Å². The minimum absolute atomic E-state index is 0.220. The molecule has 1 heterocycles. The van der Waals surface area contributed by atoms with Crippen molar-refractivity contribution in [2.75, 3.05) is 4.90 Å². The number of fused-ring (bicyclic) bond motifs is 1. The first-order chi connectivity index (χ1) is 14.7. The summed E-state index contributed by atoms with van der Waals surface area (Å²) in [5.41, 5.74) is 4.30. The van der Waals surface area contributed by atoms with E-state index in [9.17, 15) is 17.6 Å². The summed E-state index contributed by atoms with van der Waals surface area (Å²) >= 11 is 0. The van der Waals surface area contributed by atoms with Crippen molar-refractivity contribution in [3.05, 3.63) is 99.8 Å². The second kappa shape index (κ2) is 7.78. The number of hydrogen-bond donors (Lipinski definition) is 0. The zero-order valence-electron chi connectivity index (χ0n) is 17.5. The number of nitrogens with zero attached hydrogens (tertiary/aromatic N) is 1. The number of ketones is 1. The molecule has 0 bridgehead atoms. The SMILES string of the molecule is CCc1ccc(C(=O)C2=CN(c3cc(C)cc(C)c3)c3ccc(F)cc3S2(=O)=O)cc1. The third kappa shape index (κ3) is 3.79. The van der Waals surface area contributed by atoms with E-state index in [-0.39, 0.29) is 15.4 Å². The van der Waals surface area contributed by atoms with Gasteiger partial charge in [-0.2, -0.15) is 0 Å². The van der Waals surface area contributed by atoms with E-state index in [0.29, 0.717) is 11.4 Å². The van der Waals surface area contributed by atoms with Crippen molar-refractivity contribution in [2.45, 2.75) is 32.1 Å². The predicted octanol–water partition coefficient (Wildman–Crippen LogP) is 5.65. The predicted molar refractivity (Wildman–Crippen MR) is 120 cm³/mol. The van der Waals surface area contributed by atoms with Crippen LogP contribution in [0.2, 0.25) is 0 Å². The Labute approximate surface area is 181 Å². The number of sulfone groups is 1. The lowest BCUT2D eigenvalue weighted by Crippen LogP contribution is -2.26. The van der Waals surface area contributed by atoms with Gasteiger partial charge in [-0.25, -0.2) is 12.8 Å². The number of Topliss-reactive ketones (excluding diaryl/α,β-unsaturated/α-hetero) is 1. The Hall–Kier alpha value is -3.25. The van der Waals surface area contributed by atoms with Gasteiger partial charge in [0, 0.05) is 17.5 Å². The van der Waals surface area contributed by atoms with E-state index in [1.165, 1.54) is 18.3 Å². The number of halogens is 1. The molecule has 0 unspecified atom stereocenters. The van der Waals surface area contributed by atoms with E-state index in [1.54, 1.807) is 29.2 Å². The van der Waals surface area contributed by atoms with Gasteiger partial charge in [-0.1, -0.05) is 37.3 Å². The molecule has 0 amide bonds. The van der Waals surface area contributed by atoms with Crippen LogP contribution in [-0.2, 0) is 16.3 Å². The van der Waals surface area contributed by atoms with E-state index >= 15 is 0 Å². The second-order valence-corrected chi connectivity index (χ2v) is 9.59. The summed E-state index contributed by atoms with van der Waals surface area (Å²) in [6.45, 7) is 5.87. The van der Waals surface area contributed by atoms with E-state index in [4.69, 9.17) is 0 Å². The van der Waals surface area contributed by atoms with Crippen LogP contribution in [-0.4, -0.2) is 14.2 Å². The molecule has 3 aromatic rings. The molecule has 0 atom stereocenters. The van der Waals surface area contributed by atoms with Crippen molar-refractivity contribution in [1.29, 1.82) is 0 Å². The van der Waals surface area contributed by atoms with Crippen LogP contribution in [0.15, 0.2) is 76.7 Å². The van der Waals surface area contributed by atoms with Gasteiger partial charge in [0.2, 0.25) is 15.6 Å². The average Bonchev–Trinajstić information content (AvgIpc) is 2.73. The summed E-state index contributed by atoms with van der Waals surface area (Å²) < 4.78 is 40.7. The van der Waals surface area contributed by atoms with Crippen LogP contribution in [0.5, 0.6) is 0 Å². The minimum atomic E-state index is -4.20. The number of allylic oxidation sites excluding steroid dienone is 1. The summed E-state index contributed by atoms with van der Waals surface area (Å²) in [5.74, 6) is -1.30. The number of benzene rings is 3. The zero-order chi connectivity index (χ0) is 22.3. The number of carbonyl (C=O) groups is 1. The normalized spacial score (nSPS) is 14.7. The van der Waals surface area contributed by atoms with E-state index in [1.807, 2.05) is 39.0 Å². The van der Waals surface area contributed by atoms with Gasteiger partial charge in [-0.3, -0.25) is 4.79 Å². The summed E-state index contributed by atoms with van der Waals surface area (Å²) in [7, 11) is -4.20.